The van der Waals surface area contributed by atoms with Gasteiger partial charge in [0.25, 0.3) is 0 Å². The van der Waals surface area contributed by atoms with Crippen LogP contribution in [0.15, 0.2) is 37.1 Å². The van der Waals surface area contributed by atoms with Crippen molar-refractivity contribution in [1.82, 2.24) is 4.57 Å². The Bertz CT molecular complexity index is 615. The molecule has 0 spiro atoms. The van der Waals surface area contributed by atoms with Crippen molar-refractivity contribution < 1.29 is 9.47 Å². The zero-order valence-corrected chi connectivity index (χ0v) is 14.5. The van der Waals surface area contributed by atoms with Crippen molar-refractivity contribution in [3.63, 3.8) is 0 Å². The molecule has 3 heteroatoms. The number of hydrogen-bond acceptors (Lipinski definition) is 2. The third-order valence-electron chi connectivity index (χ3n) is 4.34. The molecule has 0 aliphatic heterocycles. The summed E-state index contributed by atoms with van der Waals surface area (Å²) in [5, 5.41) is 1.15. The lowest BCUT2D eigenvalue weighted by Gasteiger charge is -2.09. The van der Waals surface area contributed by atoms with Crippen LogP contribution in [0.3, 0.4) is 0 Å². The van der Waals surface area contributed by atoms with E-state index in [-0.39, 0.29) is 0 Å². The van der Waals surface area contributed by atoms with Gasteiger partial charge >= 0.3 is 0 Å². The zero-order valence-electron chi connectivity index (χ0n) is 14.5. The van der Waals surface area contributed by atoms with Crippen LogP contribution in [0.25, 0.3) is 10.9 Å². The summed E-state index contributed by atoms with van der Waals surface area (Å²) in [7, 11) is 3.40. The van der Waals surface area contributed by atoms with Gasteiger partial charge in [0.1, 0.15) is 11.5 Å². The van der Waals surface area contributed by atoms with Crippen LogP contribution in [0.2, 0.25) is 0 Å². The van der Waals surface area contributed by atoms with E-state index >= 15 is 0 Å². The van der Waals surface area contributed by atoms with Crippen molar-refractivity contribution in [2.45, 2.75) is 51.5 Å². The Hall–Kier alpha value is -1.90. The van der Waals surface area contributed by atoms with Gasteiger partial charge in [0.05, 0.1) is 19.7 Å². The number of methoxy groups -OCH3 is 2. The normalized spacial score (nSPS) is 10.9. The standard InChI is InChI=1S/C20H29NO2/c1-4-5-6-7-8-9-10-11-13-21-14-12-18-19(21)15-17(22-2)16-20(18)23-3/h4,12,14-16H,1,5-11,13H2,2-3H3. The maximum Gasteiger partial charge on any atom is 0.131 e. The average molecular weight is 315 g/mol. The van der Waals surface area contributed by atoms with Gasteiger partial charge in [0.2, 0.25) is 0 Å². The molecule has 2 rings (SSSR count). The monoisotopic (exact) mass is 315 g/mol. The van der Waals surface area contributed by atoms with Crippen molar-refractivity contribution in [2.24, 2.45) is 0 Å². The molecule has 23 heavy (non-hydrogen) atoms. The van der Waals surface area contributed by atoms with E-state index in [1.165, 1.54) is 44.0 Å². The Kier molecular flexibility index (Phi) is 7.05. The number of benzene rings is 1. The Morgan fingerprint density at radius 2 is 1.74 bits per heavy atom. The number of nitrogens with zero attached hydrogens (tertiary/aromatic N) is 1. The second-order valence-electron chi connectivity index (χ2n) is 5.97. The molecule has 0 radical (unpaired) electrons. The fourth-order valence-corrected chi connectivity index (χ4v) is 3.00. The summed E-state index contributed by atoms with van der Waals surface area (Å²) in [6.07, 6.45) is 13.1. The van der Waals surface area contributed by atoms with Crippen molar-refractivity contribution in [1.29, 1.82) is 0 Å². The summed E-state index contributed by atoms with van der Waals surface area (Å²) >= 11 is 0. The van der Waals surface area contributed by atoms with Gasteiger partial charge in [-0.05, 0) is 25.3 Å². The van der Waals surface area contributed by atoms with E-state index < -0.39 is 0 Å². The summed E-state index contributed by atoms with van der Waals surface area (Å²) < 4.78 is 13.2. The van der Waals surface area contributed by atoms with Crippen molar-refractivity contribution in [3.05, 3.63) is 37.1 Å². The molecule has 0 aliphatic carbocycles. The van der Waals surface area contributed by atoms with E-state index in [1.807, 2.05) is 12.1 Å². The minimum absolute atomic E-state index is 0.844. The lowest BCUT2D eigenvalue weighted by molar-refractivity contribution is 0.397. The van der Waals surface area contributed by atoms with Crippen LogP contribution >= 0.6 is 0 Å². The summed E-state index contributed by atoms with van der Waals surface area (Å²) in [6, 6.07) is 6.16. The highest BCUT2D eigenvalue weighted by Crippen LogP contribution is 2.32. The lowest BCUT2D eigenvalue weighted by Crippen LogP contribution is -1.97. The van der Waals surface area contributed by atoms with E-state index in [1.54, 1.807) is 14.2 Å². The molecule has 0 fully saturated rings. The predicted molar refractivity (Wildman–Crippen MR) is 97.6 cm³/mol. The fraction of sp³-hybridized carbons (Fsp3) is 0.500. The number of allylic oxidation sites excluding steroid dienone is 1. The molecule has 1 heterocycles. The molecular formula is C20H29NO2. The molecule has 2 aromatic rings. The van der Waals surface area contributed by atoms with Gasteiger partial charge in [-0.15, -0.1) is 6.58 Å². The van der Waals surface area contributed by atoms with Gasteiger partial charge in [-0.2, -0.15) is 0 Å². The highest BCUT2D eigenvalue weighted by molar-refractivity contribution is 5.88. The molecule has 0 N–H and O–H groups in total. The van der Waals surface area contributed by atoms with E-state index in [4.69, 9.17) is 9.47 Å². The maximum atomic E-state index is 5.47. The van der Waals surface area contributed by atoms with Crippen molar-refractivity contribution >= 4 is 10.9 Å². The van der Waals surface area contributed by atoms with Gasteiger partial charge in [-0.1, -0.05) is 31.8 Å². The van der Waals surface area contributed by atoms with Gasteiger partial charge in [-0.25, -0.2) is 0 Å². The molecule has 0 saturated heterocycles. The second-order valence-corrected chi connectivity index (χ2v) is 5.97. The average Bonchev–Trinajstić information content (AvgIpc) is 2.99. The summed E-state index contributed by atoms with van der Waals surface area (Å²) in [6.45, 7) is 4.81. The molecule has 0 atom stereocenters. The van der Waals surface area contributed by atoms with Crippen molar-refractivity contribution in [2.75, 3.05) is 14.2 Å². The Balaban J connectivity index is 1.87. The minimum atomic E-state index is 0.844. The first-order valence-electron chi connectivity index (χ1n) is 8.62. The quantitative estimate of drug-likeness (QED) is 0.399. The molecule has 1 aromatic carbocycles. The van der Waals surface area contributed by atoms with Crippen LogP contribution in [-0.2, 0) is 6.54 Å². The van der Waals surface area contributed by atoms with E-state index in [9.17, 15) is 0 Å². The molecule has 0 bridgehead atoms. The van der Waals surface area contributed by atoms with Crippen LogP contribution < -0.4 is 9.47 Å². The molecule has 3 nitrogen and oxygen atoms in total. The fourth-order valence-electron chi connectivity index (χ4n) is 3.00. The molecule has 0 saturated carbocycles. The number of aryl methyl sites for hydroxylation is 1. The molecule has 0 amide bonds. The first-order valence-corrected chi connectivity index (χ1v) is 8.62. The molecule has 0 aliphatic rings. The van der Waals surface area contributed by atoms with Gasteiger partial charge < -0.3 is 14.0 Å². The maximum absolute atomic E-state index is 5.47. The Morgan fingerprint density at radius 3 is 2.43 bits per heavy atom. The highest BCUT2D eigenvalue weighted by Gasteiger charge is 2.09. The number of hydrogen-bond donors (Lipinski definition) is 0. The van der Waals surface area contributed by atoms with Gasteiger partial charge in [0, 0.05) is 30.3 Å². The number of fused-ring (bicyclic) bond motifs is 1. The van der Waals surface area contributed by atoms with Gasteiger partial charge in [-0.3, -0.25) is 0 Å². The highest BCUT2D eigenvalue weighted by atomic mass is 16.5. The molecule has 0 unspecified atom stereocenters. The topological polar surface area (TPSA) is 23.4 Å². The number of unbranched alkanes of at least 4 members (excludes halogenated alkanes) is 6. The number of ether oxygens (including phenoxy) is 2. The van der Waals surface area contributed by atoms with E-state index in [0.29, 0.717) is 0 Å². The van der Waals surface area contributed by atoms with Crippen LogP contribution in [0, 0.1) is 0 Å². The SMILES string of the molecule is C=CCCCCCCCCn1ccc2c(OC)cc(OC)cc21. The first kappa shape index (κ1) is 17.5. The Labute approximate surface area is 139 Å². The summed E-state index contributed by atoms with van der Waals surface area (Å²) in [5.41, 5.74) is 1.19. The van der Waals surface area contributed by atoms with Crippen LogP contribution in [-0.4, -0.2) is 18.8 Å². The van der Waals surface area contributed by atoms with Gasteiger partial charge in [0.15, 0.2) is 0 Å². The molecule has 126 valence electrons. The lowest BCUT2D eigenvalue weighted by atomic mass is 10.1. The second kappa shape index (κ2) is 9.29. The number of rotatable bonds is 11. The van der Waals surface area contributed by atoms with Crippen LogP contribution in [0.5, 0.6) is 11.5 Å². The van der Waals surface area contributed by atoms with E-state index in [2.05, 4.69) is 29.5 Å². The van der Waals surface area contributed by atoms with E-state index in [0.717, 1.165) is 29.9 Å². The van der Waals surface area contributed by atoms with Crippen LogP contribution in [0.1, 0.15) is 44.9 Å². The number of aromatic nitrogens is 1. The third-order valence-corrected chi connectivity index (χ3v) is 4.34. The molecular weight excluding hydrogens is 286 g/mol. The first-order chi connectivity index (χ1) is 11.3. The largest absolute Gasteiger partial charge is 0.497 e. The molecule has 1 aromatic heterocycles. The summed E-state index contributed by atoms with van der Waals surface area (Å²) in [5.74, 6) is 1.72. The third kappa shape index (κ3) is 4.78. The van der Waals surface area contributed by atoms with Crippen molar-refractivity contribution in [3.8, 4) is 11.5 Å². The van der Waals surface area contributed by atoms with Crippen LogP contribution in [0.4, 0.5) is 0 Å². The smallest absolute Gasteiger partial charge is 0.131 e. The predicted octanol–water partition coefficient (Wildman–Crippen LogP) is 5.58. The minimum Gasteiger partial charge on any atom is -0.497 e. The summed E-state index contributed by atoms with van der Waals surface area (Å²) in [4.78, 5) is 0. The zero-order chi connectivity index (χ0) is 16.5. The Morgan fingerprint density at radius 1 is 1.00 bits per heavy atom.